The Hall–Kier alpha value is -0.760. The molecule has 17 heavy (non-hydrogen) atoms. The molecule has 0 saturated heterocycles. The Balaban J connectivity index is 3.32. The van der Waals surface area contributed by atoms with Gasteiger partial charge in [-0.25, -0.2) is 0 Å². The molecular weight excluding hydrogens is 325 g/mol. The summed E-state index contributed by atoms with van der Waals surface area (Å²) in [7, 11) is 0. The third kappa shape index (κ3) is 3.60. The van der Waals surface area contributed by atoms with Gasteiger partial charge in [-0.05, 0) is 59.5 Å². The standard InChI is InChI=1S/C14H18INO/c1-9(2)17-13-10(8-16)6-11(7-12(13)15)14(3,4)5/h6-7,9H,1-5H3. The van der Waals surface area contributed by atoms with Crippen molar-refractivity contribution < 1.29 is 4.74 Å². The van der Waals surface area contributed by atoms with Crippen LogP contribution in [0, 0.1) is 14.9 Å². The Kier molecular flexibility index (Phi) is 4.42. The Morgan fingerprint density at radius 2 is 1.88 bits per heavy atom. The second-order valence-corrected chi connectivity index (χ2v) is 6.53. The van der Waals surface area contributed by atoms with Crippen LogP contribution in [0.25, 0.3) is 0 Å². The van der Waals surface area contributed by atoms with Gasteiger partial charge in [-0.1, -0.05) is 20.8 Å². The quantitative estimate of drug-likeness (QED) is 0.752. The first kappa shape index (κ1) is 14.3. The molecule has 0 spiro atoms. The average molecular weight is 343 g/mol. The van der Waals surface area contributed by atoms with Crippen LogP contribution in [-0.4, -0.2) is 6.10 Å². The molecule has 0 bridgehead atoms. The number of benzene rings is 1. The number of hydrogen-bond acceptors (Lipinski definition) is 2. The van der Waals surface area contributed by atoms with E-state index in [1.54, 1.807) is 0 Å². The highest BCUT2D eigenvalue weighted by Gasteiger charge is 2.19. The molecule has 0 atom stereocenters. The largest absolute Gasteiger partial charge is 0.489 e. The van der Waals surface area contributed by atoms with Gasteiger partial charge >= 0.3 is 0 Å². The molecule has 0 aliphatic rings. The predicted molar refractivity (Wildman–Crippen MR) is 78.3 cm³/mol. The highest BCUT2D eigenvalue weighted by molar-refractivity contribution is 14.1. The van der Waals surface area contributed by atoms with E-state index >= 15 is 0 Å². The maximum absolute atomic E-state index is 9.21. The van der Waals surface area contributed by atoms with Crippen LogP contribution in [0.5, 0.6) is 5.75 Å². The van der Waals surface area contributed by atoms with Crippen LogP contribution < -0.4 is 4.74 Å². The lowest BCUT2D eigenvalue weighted by Gasteiger charge is -2.21. The third-order valence-corrected chi connectivity index (χ3v) is 3.18. The third-order valence-electron chi connectivity index (χ3n) is 2.38. The van der Waals surface area contributed by atoms with Gasteiger partial charge in [-0.3, -0.25) is 0 Å². The van der Waals surface area contributed by atoms with Crippen molar-refractivity contribution in [1.29, 1.82) is 5.26 Å². The summed E-state index contributed by atoms with van der Waals surface area (Å²) in [4.78, 5) is 0. The van der Waals surface area contributed by atoms with Gasteiger partial charge < -0.3 is 4.74 Å². The second-order valence-electron chi connectivity index (χ2n) is 5.36. The van der Waals surface area contributed by atoms with Crippen molar-refractivity contribution in [2.75, 3.05) is 0 Å². The number of hydrogen-bond donors (Lipinski definition) is 0. The van der Waals surface area contributed by atoms with Crippen molar-refractivity contribution in [1.82, 2.24) is 0 Å². The van der Waals surface area contributed by atoms with Crippen molar-refractivity contribution in [2.45, 2.75) is 46.1 Å². The summed E-state index contributed by atoms with van der Waals surface area (Å²) in [5.74, 6) is 0.705. The molecule has 2 nitrogen and oxygen atoms in total. The highest BCUT2D eigenvalue weighted by Crippen LogP contribution is 2.32. The van der Waals surface area contributed by atoms with Crippen LogP contribution in [0.15, 0.2) is 12.1 Å². The van der Waals surface area contributed by atoms with Gasteiger partial charge in [-0.15, -0.1) is 0 Å². The van der Waals surface area contributed by atoms with E-state index in [0.29, 0.717) is 11.3 Å². The molecule has 1 aromatic rings. The van der Waals surface area contributed by atoms with E-state index < -0.39 is 0 Å². The number of halogens is 1. The maximum Gasteiger partial charge on any atom is 0.150 e. The van der Waals surface area contributed by atoms with Gasteiger partial charge in [0.2, 0.25) is 0 Å². The van der Waals surface area contributed by atoms with Crippen LogP contribution in [-0.2, 0) is 5.41 Å². The summed E-state index contributed by atoms with van der Waals surface area (Å²) in [6, 6.07) is 6.25. The molecule has 0 aromatic heterocycles. The molecule has 0 saturated carbocycles. The summed E-state index contributed by atoms with van der Waals surface area (Å²) in [5, 5.41) is 9.21. The molecule has 0 aliphatic heterocycles. The number of nitrogens with zero attached hydrogens (tertiary/aromatic N) is 1. The minimum absolute atomic E-state index is 0.0435. The Morgan fingerprint density at radius 3 is 2.29 bits per heavy atom. The van der Waals surface area contributed by atoms with Crippen LogP contribution in [0.4, 0.5) is 0 Å². The smallest absolute Gasteiger partial charge is 0.150 e. The zero-order chi connectivity index (χ0) is 13.2. The van der Waals surface area contributed by atoms with E-state index in [1.807, 2.05) is 19.9 Å². The van der Waals surface area contributed by atoms with Gasteiger partial charge in [0.05, 0.1) is 15.2 Å². The molecule has 92 valence electrons. The monoisotopic (exact) mass is 343 g/mol. The fraction of sp³-hybridized carbons (Fsp3) is 0.500. The molecule has 0 aliphatic carbocycles. The minimum Gasteiger partial charge on any atom is -0.489 e. The lowest BCUT2D eigenvalue weighted by atomic mass is 9.86. The molecule has 0 unspecified atom stereocenters. The van der Waals surface area contributed by atoms with Crippen molar-refractivity contribution in [2.24, 2.45) is 0 Å². The van der Waals surface area contributed by atoms with E-state index in [2.05, 4.69) is 55.5 Å². The predicted octanol–water partition coefficient (Wildman–Crippen LogP) is 4.25. The molecule has 0 heterocycles. The van der Waals surface area contributed by atoms with Crippen LogP contribution in [0.3, 0.4) is 0 Å². The Bertz CT molecular complexity index is 453. The molecule has 0 radical (unpaired) electrons. The van der Waals surface area contributed by atoms with Gasteiger partial charge in [0, 0.05) is 0 Å². The molecule has 0 fully saturated rings. The van der Waals surface area contributed by atoms with E-state index in [9.17, 15) is 5.26 Å². The van der Waals surface area contributed by atoms with E-state index in [1.165, 1.54) is 0 Å². The van der Waals surface area contributed by atoms with E-state index in [-0.39, 0.29) is 11.5 Å². The molecular formula is C14H18INO. The number of rotatable bonds is 2. The molecule has 1 rings (SSSR count). The van der Waals surface area contributed by atoms with Crippen LogP contribution in [0.2, 0.25) is 0 Å². The summed E-state index contributed by atoms with van der Waals surface area (Å²) < 4.78 is 6.70. The SMILES string of the molecule is CC(C)Oc1c(I)cc(C(C)(C)C)cc1C#N. The highest BCUT2D eigenvalue weighted by atomic mass is 127. The Morgan fingerprint density at radius 1 is 1.29 bits per heavy atom. The van der Waals surface area contributed by atoms with Crippen molar-refractivity contribution in [3.8, 4) is 11.8 Å². The normalized spacial score (nSPS) is 11.4. The zero-order valence-electron chi connectivity index (χ0n) is 11.0. The van der Waals surface area contributed by atoms with Gasteiger partial charge in [-0.2, -0.15) is 5.26 Å². The first-order valence-corrected chi connectivity index (χ1v) is 6.74. The van der Waals surface area contributed by atoms with Crippen LogP contribution >= 0.6 is 22.6 Å². The van der Waals surface area contributed by atoms with Crippen molar-refractivity contribution in [3.63, 3.8) is 0 Å². The number of nitriles is 1. The summed E-state index contributed by atoms with van der Waals surface area (Å²) in [6.07, 6.45) is 0.0797. The van der Waals surface area contributed by atoms with Crippen molar-refractivity contribution >= 4 is 22.6 Å². The molecule has 1 aromatic carbocycles. The van der Waals surface area contributed by atoms with E-state index in [0.717, 1.165) is 9.13 Å². The summed E-state index contributed by atoms with van der Waals surface area (Å²) >= 11 is 2.23. The second kappa shape index (κ2) is 5.26. The topological polar surface area (TPSA) is 33.0 Å². The fourth-order valence-corrected chi connectivity index (χ4v) is 2.22. The van der Waals surface area contributed by atoms with Crippen molar-refractivity contribution in [3.05, 3.63) is 26.8 Å². The minimum atomic E-state index is 0.0435. The van der Waals surface area contributed by atoms with E-state index in [4.69, 9.17) is 4.74 Å². The summed E-state index contributed by atoms with van der Waals surface area (Å²) in [6.45, 7) is 10.4. The van der Waals surface area contributed by atoms with Gasteiger partial charge in [0.25, 0.3) is 0 Å². The lowest BCUT2D eigenvalue weighted by molar-refractivity contribution is 0.240. The Labute approximate surface area is 117 Å². The summed E-state index contributed by atoms with van der Waals surface area (Å²) in [5.41, 5.74) is 1.83. The number of ether oxygens (including phenoxy) is 1. The average Bonchev–Trinajstić information content (AvgIpc) is 2.18. The first-order valence-electron chi connectivity index (χ1n) is 5.66. The zero-order valence-corrected chi connectivity index (χ0v) is 13.1. The maximum atomic E-state index is 9.21. The first-order chi connectivity index (χ1) is 7.75. The lowest BCUT2D eigenvalue weighted by Crippen LogP contribution is -2.14. The molecule has 3 heteroatoms. The van der Waals surface area contributed by atoms with Gasteiger partial charge in [0.1, 0.15) is 6.07 Å². The van der Waals surface area contributed by atoms with Crippen LogP contribution in [0.1, 0.15) is 45.7 Å². The van der Waals surface area contributed by atoms with Gasteiger partial charge in [0.15, 0.2) is 5.75 Å². The molecule has 0 amide bonds. The fourth-order valence-electron chi connectivity index (χ4n) is 1.46. The molecule has 0 N–H and O–H groups in total.